The molecule has 27 heavy (non-hydrogen) atoms. The highest BCUT2D eigenvalue weighted by Crippen LogP contribution is 2.36. The van der Waals surface area contributed by atoms with Crippen molar-refractivity contribution in [3.05, 3.63) is 68.8 Å². The number of rotatable bonds is 4. The van der Waals surface area contributed by atoms with Crippen molar-refractivity contribution in [3.63, 3.8) is 0 Å². The Morgan fingerprint density at radius 2 is 1.89 bits per heavy atom. The van der Waals surface area contributed by atoms with E-state index in [1.807, 2.05) is 6.92 Å². The van der Waals surface area contributed by atoms with Crippen molar-refractivity contribution < 1.29 is 18.0 Å². The maximum Gasteiger partial charge on any atom is 0.417 e. The lowest BCUT2D eigenvalue weighted by Crippen LogP contribution is -2.15. The SMILES string of the molecule is Cc1cc(N/C=C(/C#N)C(=O)Nc2ccc(Cl)c(C(F)(F)F)c2)ccc1Br. The van der Waals surface area contributed by atoms with E-state index in [9.17, 15) is 18.0 Å². The predicted octanol–water partition coefficient (Wildman–Crippen LogP) is 5.89. The van der Waals surface area contributed by atoms with Crippen LogP contribution < -0.4 is 10.6 Å². The van der Waals surface area contributed by atoms with Gasteiger partial charge in [-0.3, -0.25) is 4.79 Å². The number of carbonyl (C=O) groups is 1. The minimum atomic E-state index is -4.66. The number of alkyl halides is 3. The van der Waals surface area contributed by atoms with E-state index in [0.717, 1.165) is 16.1 Å². The summed E-state index contributed by atoms with van der Waals surface area (Å²) in [6.45, 7) is 1.87. The van der Waals surface area contributed by atoms with Crippen molar-refractivity contribution in [2.24, 2.45) is 0 Å². The standard InChI is InChI=1S/C18H12BrClF3N3O/c1-10-6-12(2-4-15(10)19)25-9-11(8-24)17(27)26-13-3-5-16(20)14(7-13)18(21,22)23/h2-7,9,25H,1H3,(H,26,27)/b11-9-. The predicted molar refractivity (Wildman–Crippen MR) is 101 cm³/mol. The number of benzene rings is 2. The van der Waals surface area contributed by atoms with Crippen LogP contribution in [0.1, 0.15) is 11.1 Å². The molecule has 0 bridgehead atoms. The molecule has 0 radical (unpaired) electrons. The van der Waals surface area contributed by atoms with Gasteiger partial charge in [0.15, 0.2) is 0 Å². The second-order valence-corrected chi connectivity index (χ2v) is 6.69. The van der Waals surface area contributed by atoms with Crippen LogP contribution >= 0.6 is 27.5 Å². The molecule has 0 unspecified atom stereocenters. The Morgan fingerprint density at radius 1 is 1.22 bits per heavy atom. The fraction of sp³-hybridized carbons (Fsp3) is 0.111. The molecule has 0 saturated carbocycles. The van der Waals surface area contributed by atoms with E-state index in [0.29, 0.717) is 11.8 Å². The van der Waals surface area contributed by atoms with Gasteiger partial charge in [0.25, 0.3) is 5.91 Å². The summed E-state index contributed by atoms with van der Waals surface area (Å²) in [6.07, 6.45) is -3.48. The van der Waals surface area contributed by atoms with Crippen molar-refractivity contribution in [1.82, 2.24) is 0 Å². The van der Waals surface area contributed by atoms with Crippen molar-refractivity contribution in [2.45, 2.75) is 13.1 Å². The number of nitrogens with one attached hydrogen (secondary N) is 2. The number of anilines is 2. The lowest BCUT2D eigenvalue weighted by molar-refractivity contribution is -0.137. The van der Waals surface area contributed by atoms with Crippen molar-refractivity contribution in [1.29, 1.82) is 5.26 Å². The average Bonchev–Trinajstić information content (AvgIpc) is 2.59. The molecule has 0 fully saturated rings. The number of aryl methyl sites for hydroxylation is 1. The first-order chi connectivity index (χ1) is 12.6. The smallest absolute Gasteiger partial charge is 0.360 e. The quantitative estimate of drug-likeness (QED) is 0.444. The van der Waals surface area contributed by atoms with Crippen LogP contribution in [0.25, 0.3) is 0 Å². The van der Waals surface area contributed by atoms with E-state index in [2.05, 4.69) is 26.6 Å². The second-order valence-electron chi connectivity index (χ2n) is 5.42. The molecule has 0 aliphatic rings. The first-order valence-electron chi connectivity index (χ1n) is 7.43. The Morgan fingerprint density at radius 3 is 2.48 bits per heavy atom. The molecule has 2 aromatic carbocycles. The molecule has 2 N–H and O–H groups in total. The van der Waals surface area contributed by atoms with Crippen LogP contribution in [0.3, 0.4) is 0 Å². The van der Waals surface area contributed by atoms with Crippen molar-refractivity contribution in [3.8, 4) is 6.07 Å². The molecule has 0 aliphatic carbocycles. The van der Waals surface area contributed by atoms with Gasteiger partial charge in [0.2, 0.25) is 0 Å². The Bertz CT molecular complexity index is 952. The summed E-state index contributed by atoms with van der Waals surface area (Å²) in [7, 11) is 0. The molecule has 9 heteroatoms. The molecule has 0 aromatic heterocycles. The summed E-state index contributed by atoms with van der Waals surface area (Å²) in [5, 5.41) is 13.7. The highest BCUT2D eigenvalue weighted by atomic mass is 79.9. The zero-order valence-electron chi connectivity index (χ0n) is 13.8. The highest BCUT2D eigenvalue weighted by Gasteiger charge is 2.33. The maximum atomic E-state index is 12.9. The molecule has 0 saturated heterocycles. The summed E-state index contributed by atoms with van der Waals surface area (Å²) in [4.78, 5) is 12.2. The Hall–Kier alpha value is -2.50. The molecule has 2 rings (SSSR count). The average molecular weight is 459 g/mol. The summed E-state index contributed by atoms with van der Waals surface area (Å²) < 4.78 is 39.6. The summed E-state index contributed by atoms with van der Waals surface area (Å²) in [5.74, 6) is -0.853. The van der Waals surface area contributed by atoms with E-state index >= 15 is 0 Å². The van der Waals surface area contributed by atoms with E-state index in [1.54, 1.807) is 24.3 Å². The molecule has 0 heterocycles. The Kier molecular flexibility index (Phi) is 6.52. The van der Waals surface area contributed by atoms with Crippen LogP contribution in [0.5, 0.6) is 0 Å². The molecule has 0 atom stereocenters. The molecule has 2 aromatic rings. The number of carbonyl (C=O) groups excluding carboxylic acids is 1. The highest BCUT2D eigenvalue weighted by molar-refractivity contribution is 9.10. The van der Waals surface area contributed by atoms with Crippen LogP contribution in [-0.4, -0.2) is 5.91 Å². The van der Waals surface area contributed by atoms with Crippen LogP contribution in [0.15, 0.2) is 52.6 Å². The molecular weight excluding hydrogens is 447 g/mol. The van der Waals surface area contributed by atoms with Gasteiger partial charge in [0.05, 0.1) is 10.6 Å². The zero-order chi connectivity index (χ0) is 20.2. The summed E-state index contributed by atoms with van der Waals surface area (Å²) in [5.41, 5.74) is 0.0728. The molecular formula is C18H12BrClF3N3O. The number of hydrogen-bond donors (Lipinski definition) is 2. The molecule has 140 valence electrons. The Balaban J connectivity index is 2.17. The number of amides is 1. The van der Waals surface area contributed by atoms with Crippen LogP contribution in [-0.2, 0) is 11.0 Å². The van der Waals surface area contributed by atoms with Crippen LogP contribution in [0, 0.1) is 18.3 Å². The number of hydrogen-bond acceptors (Lipinski definition) is 3. The van der Waals surface area contributed by atoms with Crippen LogP contribution in [0.2, 0.25) is 5.02 Å². The molecule has 4 nitrogen and oxygen atoms in total. The first kappa shape index (κ1) is 20.8. The zero-order valence-corrected chi connectivity index (χ0v) is 16.1. The van der Waals surface area contributed by atoms with Gasteiger partial charge >= 0.3 is 6.18 Å². The van der Waals surface area contributed by atoms with Gasteiger partial charge in [0.1, 0.15) is 11.6 Å². The maximum absolute atomic E-state index is 12.9. The molecule has 1 amide bonds. The first-order valence-corrected chi connectivity index (χ1v) is 8.60. The number of halogens is 5. The Labute approximate surface area is 166 Å². The van der Waals surface area contributed by atoms with Crippen molar-refractivity contribution in [2.75, 3.05) is 10.6 Å². The van der Waals surface area contributed by atoms with Crippen LogP contribution in [0.4, 0.5) is 24.5 Å². The van der Waals surface area contributed by atoms with E-state index in [-0.39, 0.29) is 11.3 Å². The monoisotopic (exact) mass is 457 g/mol. The minimum absolute atomic E-state index is 0.127. The second kappa shape index (κ2) is 8.46. The lowest BCUT2D eigenvalue weighted by atomic mass is 10.2. The fourth-order valence-corrected chi connectivity index (χ4v) is 2.53. The van der Waals surface area contributed by atoms with E-state index in [1.165, 1.54) is 12.3 Å². The third-order valence-corrected chi connectivity index (χ3v) is 4.66. The van der Waals surface area contributed by atoms with Gasteiger partial charge in [0, 0.05) is 22.0 Å². The van der Waals surface area contributed by atoms with Gasteiger partial charge in [-0.1, -0.05) is 27.5 Å². The summed E-state index contributed by atoms with van der Waals surface area (Å²) in [6, 6.07) is 9.98. The third kappa shape index (κ3) is 5.49. The normalized spacial score (nSPS) is 11.7. The van der Waals surface area contributed by atoms with Gasteiger partial charge in [-0.05, 0) is 48.9 Å². The number of nitrogens with zero attached hydrogens (tertiary/aromatic N) is 1. The van der Waals surface area contributed by atoms with Crippen molar-refractivity contribution >= 4 is 44.8 Å². The minimum Gasteiger partial charge on any atom is -0.360 e. The van der Waals surface area contributed by atoms with Gasteiger partial charge in [-0.2, -0.15) is 18.4 Å². The fourth-order valence-electron chi connectivity index (χ4n) is 2.06. The topological polar surface area (TPSA) is 64.9 Å². The van der Waals surface area contributed by atoms with E-state index in [4.69, 9.17) is 16.9 Å². The third-order valence-electron chi connectivity index (χ3n) is 3.44. The molecule has 0 aliphatic heterocycles. The van der Waals surface area contributed by atoms with Gasteiger partial charge in [-0.25, -0.2) is 0 Å². The van der Waals surface area contributed by atoms with Gasteiger partial charge in [-0.15, -0.1) is 0 Å². The van der Waals surface area contributed by atoms with E-state index < -0.39 is 22.7 Å². The number of nitriles is 1. The lowest BCUT2D eigenvalue weighted by Gasteiger charge is -2.11. The van der Waals surface area contributed by atoms with Gasteiger partial charge < -0.3 is 10.6 Å². The largest absolute Gasteiger partial charge is 0.417 e. The summed E-state index contributed by atoms with van der Waals surface area (Å²) >= 11 is 8.90. The molecule has 0 spiro atoms.